The van der Waals surface area contributed by atoms with Gasteiger partial charge >= 0.3 is 5.97 Å². The van der Waals surface area contributed by atoms with Crippen LogP contribution in [-0.2, 0) is 14.3 Å². The summed E-state index contributed by atoms with van der Waals surface area (Å²) in [5, 5.41) is 0.884. The van der Waals surface area contributed by atoms with Crippen LogP contribution in [-0.4, -0.2) is 28.4 Å². The zero-order valence-corrected chi connectivity index (χ0v) is 19.3. The Balaban J connectivity index is 1.93. The summed E-state index contributed by atoms with van der Waals surface area (Å²) >= 11 is 13.0. The average Bonchev–Trinajstić information content (AvgIpc) is 2.97. The Morgan fingerprint density at radius 3 is 2.55 bits per heavy atom. The van der Waals surface area contributed by atoms with Gasteiger partial charge < -0.3 is 4.74 Å². The number of para-hydroxylation sites is 1. The monoisotopic (exact) mass is 480 g/mol. The zero-order chi connectivity index (χ0) is 22.8. The van der Waals surface area contributed by atoms with E-state index in [-0.39, 0.29) is 22.3 Å². The highest BCUT2D eigenvalue weighted by molar-refractivity contribution is 8.14. The van der Waals surface area contributed by atoms with E-state index in [1.807, 2.05) is 0 Å². The lowest BCUT2D eigenvalue weighted by Gasteiger charge is -2.20. The van der Waals surface area contributed by atoms with Crippen molar-refractivity contribution in [1.29, 1.82) is 0 Å². The highest BCUT2D eigenvalue weighted by atomic mass is 35.5. The van der Waals surface area contributed by atoms with E-state index in [1.165, 1.54) is 24.3 Å². The van der Waals surface area contributed by atoms with Gasteiger partial charge in [-0.15, -0.1) is 0 Å². The maximum Gasteiger partial charge on any atom is 0.316 e. The van der Waals surface area contributed by atoms with Crippen molar-refractivity contribution < 1.29 is 18.7 Å². The van der Waals surface area contributed by atoms with Gasteiger partial charge in [-0.3, -0.25) is 14.5 Å². The van der Waals surface area contributed by atoms with E-state index in [0.29, 0.717) is 15.6 Å². The molecule has 0 fully saturated rings. The van der Waals surface area contributed by atoms with Crippen LogP contribution in [0.25, 0.3) is 6.08 Å². The molecule has 0 spiro atoms. The highest BCUT2D eigenvalue weighted by Gasteiger charge is 2.34. The number of hydrogen-bond donors (Lipinski definition) is 0. The van der Waals surface area contributed by atoms with Crippen molar-refractivity contribution in [2.75, 3.05) is 10.7 Å². The van der Waals surface area contributed by atoms with Crippen LogP contribution in [0.4, 0.5) is 10.1 Å². The van der Waals surface area contributed by atoms with Crippen molar-refractivity contribution in [2.24, 2.45) is 4.99 Å². The number of aliphatic imine (C=N–C) groups is 1. The molecule has 1 amide bonds. The Kier molecular flexibility index (Phi) is 7.09. The maximum atomic E-state index is 14.5. The van der Waals surface area contributed by atoms with Crippen LogP contribution in [0.2, 0.25) is 10.0 Å². The van der Waals surface area contributed by atoms with Crippen LogP contribution in [0.15, 0.2) is 53.2 Å². The van der Waals surface area contributed by atoms with E-state index in [9.17, 15) is 14.0 Å². The van der Waals surface area contributed by atoms with Crippen molar-refractivity contribution in [1.82, 2.24) is 0 Å². The number of hydrogen-bond acceptors (Lipinski definition) is 5. The molecule has 1 aliphatic rings. The molecule has 9 heteroatoms. The Morgan fingerprint density at radius 1 is 1.19 bits per heavy atom. The fourth-order valence-corrected chi connectivity index (χ4v) is 3.78. The largest absolute Gasteiger partial charge is 0.459 e. The molecule has 0 bridgehead atoms. The van der Waals surface area contributed by atoms with Crippen LogP contribution in [0.3, 0.4) is 0 Å². The van der Waals surface area contributed by atoms with Crippen LogP contribution in [0.5, 0.6) is 0 Å². The molecule has 0 saturated heterocycles. The summed E-state index contributed by atoms with van der Waals surface area (Å²) in [7, 11) is 0. The number of nitrogens with zero attached hydrogens (tertiary/aromatic N) is 2. The molecule has 0 N–H and O–H groups in total. The van der Waals surface area contributed by atoms with Crippen molar-refractivity contribution in [3.63, 3.8) is 0 Å². The van der Waals surface area contributed by atoms with Gasteiger partial charge in [0.2, 0.25) is 0 Å². The van der Waals surface area contributed by atoms with Gasteiger partial charge in [0.05, 0.1) is 21.5 Å². The molecule has 2 aromatic rings. The summed E-state index contributed by atoms with van der Waals surface area (Å²) in [5.74, 6) is -1.67. The van der Waals surface area contributed by atoms with Gasteiger partial charge in [-0.1, -0.05) is 53.2 Å². The number of rotatable bonds is 4. The lowest BCUT2D eigenvalue weighted by atomic mass is 10.2. The second-order valence-electron chi connectivity index (χ2n) is 7.56. The van der Waals surface area contributed by atoms with E-state index >= 15 is 0 Å². The van der Waals surface area contributed by atoms with Crippen LogP contribution in [0, 0.1) is 5.82 Å². The number of carbonyl (C=O) groups excluding carboxylic acids is 2. The molecule has 5 nitrogen and oxygen atoms in total. The third-order valence-corrected chi connectivity index (χ3v) is 5.56. The number of carbonyl (C=O) groups is 2. The summed E-state index contributed by atoms with van der Waals surface area (Å²) in [6.45, 7) is 5.28. The average molecular weight is 481 g/mol. The minimum atomic E-state index is -0.644. The third-order valence-electron chi connectivity index (χ3n) is 3.91. The van der Waals surface area contributed by atoms with E-state index in [0.717, 1.165) is 16.7 Å². The maximum absolute atomic E-state index is 14.5. The zero-order valence-electron chi connectivity index (χ0n) is 17.0. The topological polar surface area (TPSA) is 59.0 Å². The minimum Gasteiger partial charge on any atom is -0.459 e. The second-order valence-corrected chi connectivity index (χ2v) is 9.32. The first-order valence-electron chi connectivity index (χ1n) is 9.24. The molecule has 0 aliphatic carbocycles. The van der Waals surface area contributed by atoms with Crippen molar-refractivity contribution in [3.8, 4) is 0 Å². The SMILES string of the molecule is CC(C)(C)OC(=O)CSC1=N/C(=C/c2ccc(Cl)c(Cl)c2)C(=O)N1c1ccccc1F. The number of halogens is 3. The Labute approximate surface area is 193 Å². The van der Waals surface area contributed by atoms with Crippen molar-refractivity contribution >= 4 is 63.8 Å². The first-order chi connectivity index (χ1) is 14.5. The predicted molar refractivity (Wildman–Crippen MR) is 124 cm³/mol. The lowest BCUT2D eigenvalue weighted by Crippen LogP contribution is -2.32. The predicted octanol–water partition coefficient (Wildman–Crippen LogP) is 5.95. The number of thioether (sulfide) groups is 1. The standard InChI is InChI=1S/C22H19Cl2FN2O3S/c1-22(2,3)30-19(28)12-31-21-26-17(11-13-8-9-14(23)15(24)10-13)20(29)27(21)18-7-5-4-6-16(18)25/h4-11H,12H2,1-3H3/b17-11+. The summed E-state index contributed by atoms with van der Waals surface area (Å²) in [6.07, 6.45) is 1.53. The van der Waals surface area contributed by atoms with Gasteiger partial charge in [-0.2, -0.15) is 0 Å². The van der Waals surface area contributed by atoms with E-state index in [1.54, 1.807) is 45.0 Å². The fourth-order valence-electron chi connectivity index (χ4n) is 2.69. The van der Waals surface area contributed by atoms with Gasteiger partial charge in [0.1, 0.15) is 17.1 Å². The van der Waals surface area contributed by atoms with Crippen LogP contribution in [0.1, 0.15) is 26.3 Å². The smallest absolute Gasteiger partial charge is 0.316 e. The summed E-state index contributed by atoms with van der Waals surface area (Å²) in [6, 6.07) is 10.7. The molecule has 2 aromatic carbocycles. The lowest BCUT2D eigenvalue weighted by molar-refractivity contribution is -0.151. The molecule has 1 heterocycles. The molecule has 0 atom stereocenters. The number of amidine groups is 1. The second kappa shape index (κ2) is 9.42. The number of amides is 1. The first kappa shape index (κ1) is 23.3. The van der Waals surface area contributed by atoms with Crippen LogP contribution >= 0.6 is 35.0 Å². The number of anilines is 1. The highest BCUT2D eigenvalue weighted by Crippen LogP contribution is 2.32. The van der Waals surface area contributed by atoms with Crippen molar-refractivity contribution in [3.05, 3.63) is 69.6 Å². The number of esters is 1. The molecular weight excluding hydrogens is 462 g/mol. The quantitative estimate of drug-likeness (QED) is 0.400. The van der Waals surface area contributed by atoms with Gasteiger partial charge in [0, 0.05) is 0 Å². The normalized spacial score (nSPS) is 15.4. The molecule has 1 aliphatic heterocycles. The molecule has 0 radical (unpaired) electrons. The Morgan fingerprint density at radius 2 is 1.90 bits per heavy atom. The van der Waals surface area contributed by atoms with Gasteiger partial charge in [0.25, 0.3) is 5.91 Å². The molecule has 0 aromatic heterocycles. The minimum absolute atomic E-state index is 0.0421. The van der Waals surface area contributed by atoms with Gasteiger partial charge in [0.15, 0.2) is 5.17 Å². The van der Waals surface area contributed by atoms with Crippen molar-refractivity contribution in [2.45, 2.75) is 26.4 Å². The molecule has 3 rings (SSSR count). The summed E-state index contributed by atoms with van der Waals surface area (Å²) in [4.78, 5) is 30.7. The first-order valence-corrected chi connectivity index (χ1v) is 11.0. The molecule has 31 heavy (non-hydrogen) atoms. The Bertz CT molecular complexity index is 1100. The van der Waals surface area contributed by atoms with E-state index < -0.39 is 23.3 Å². The van der Waals surface area contributed by atoms with Crippen LogP contribution < -0.4 is 4.90 Å². The summed E-state index contributed by atoms with van der Waals surface area (Å²) < 4.78 is 19.8. The Hall–Kier alpha value is -2.35. The molecule has 0 saturated carbocycles. The number of benzene rings is 2. The number of ether oxygens (including phenoxy) is 1. The van der Waals surface area contributed by atoms with Gasteiger partial charge in [-0.05, 0) is 56.7 Å². The molecule has 0 unspecified atom stereocenters. The fraction of sp³-hybridized carbons (Fsp3) is 0.227. The molecule has 162 valence electrons. The van der Waals surface area contributed by atoms with Gasteiger partial charge in [-0.25, -0.2) is 9.38 Å². The summed E-state index contributed by atoms with van der Waals surface area (Å²) in [5.41, 5.74) is 0.0805. The molecular formula is C22H19Cl2FN2O3S. The third kappa shape index (κ3) is 5.87. The van der Waals surface area contributed by atoms with E-state index in [4.69, 9.17) is 27.9 Å². The van der Waals surface area contributed by atoms with E-state index in [2.05, 4.69) is 4.99 Å².